The summed E-state index contributed by atoms with van der Waals surface area (Å²) in [4.78, 5) is 31.6. The molecule has 130 valence electrons. The zero-order chi connectivity index (χ0) is 17.8. The first kappa shape index (κ1) is 16.8. The molecule has 8 heteroatoms. The molecular weight excluding hydrogens is 327 g/mol. The van der Waals surface area contributed by atoms with Crippen LogP contribution in [0.1, 0.15) is 12.8 Å². The molecule has 2 N–H and O–H groups in total. The summed E-state index contributed by atoms with van der Waals surface area (Å²) in [6.45, 7) is 0.306. The molecule has 2 heterocycles. The molecule has 1 aromatic heterocycles. The van der Waals surface area contributed by atoms with Crippen molar-refractivity contribution >= 4 is 17.6 Å². The van der Waals surface area contributed by atoms with Crippen molar-refractivity contribution < 1.29 is 18.7 Å². The Balaban J connectivity index is 1.79. The van der Waals surface area contributed by atoms with Crippen molar-refractivity contribution in [3.8, 4) is 17.0 Å². The average Bonchev–Trinajstić information content (AvgIpc) is 2.62. The monoisotopic (exact) mass is 344 g/mol. The molecule has 1 aromatic carbocycles. The van der Waals surface area contributed by atoms with Gasteiger partial charge in [-0.05, 0) is 24.6 Å². The SMILES string of the molecule is COc1ccc(F)cc1-c1cc(NC(=O)C2CCC(=O)NC2)ncn1. The highest BCUT2D eigenvalue weighted by atomic mass is 19.1. The number of methoxy groups -OCH3 is 1. The van der Waals surface area contributed by atoms with Crippen LogP contribution < -0.4 is 15.4 Å². The molecule has 1 aliphatic rings. The van der Waals surface area contributed by atoms with E-state index in [0.717, 1.165) is 0 Å². The molecular formula is C17H17FN4O3. The number of anilines is 1. The van der Waals surface area contributed by atoms with Gasteiger partial charge in [-0.25, -0.2) is 14.4 Å². The number of rotatable bonds is 4. The summed E-state index contributed by atoms with van der Waals surface area (Å²) in [6.07, 6.45) is 2.11. The number of benzene rings is 1. The molecule has 0 aliphatic carbocycles. The molecule has 1 fully saturated rings. The molecule has 0 radical (unpaired) electrons. The van der Waals surface area contributed by atoms with E-state index in [-0.39, 0.29) is 17.7 Å². The third-order valence-corrected chi connectivity index (χ3v) is 3.99. The first-order valence-electron chi connectivity index (χ1n) is 7.80. The first-order chi connectivity index (χ1) is 12.1. The number of halogens is 1. The third kappa shape index (κ3) is 3.90. The van der Waals surface area contributed by atoms with Crippen molar-refractivity contribution in [2.75, 3.05) is 19.0 Å². The van der Waals surface area contributed by atoms with E-state index < -0.39 is 5.82 Å². The van der Waals surface area contributed by atoms with Crippen LogP contribution in [0.25, 0.3) is 11.3 Å². The quantitative estimate of drug-likeness (QED) is 0.881. The Labute approximate surface area is 143 Å². The number of ether oxygens (including phenoxy) is 1. The largest absolute Gasteiger partial charge is 0.496 e. The van der Waals surface area contributed by atoms with E-state index in [4.69, 9.17) is 4.74 Å². The summed E-state index contributed by atoms with van der Waals surface area (Å²) >= 11 is 0. The van der Waals surface area contributed by atoms with Gasteiger partial charge in [-0.1, -0.05) is 0 Å². The minimum absolute atomic E-state index is 0.0495. The molecule has 1 unspecified atom stereocenters. The molecule has 1 aliphatic heterocycles. The molecule has 0 bridgehead atoms. The Morgan fingerprint density at radius 2 is 2.20 bits per heavy atom. The Bertz CT molecular complexity index is 802. The van der Waals surface area contributed by atoms with Gasteiger partial charge >= 0.3 is 0 Å². The average molecular weight is 344 g/mol. The summed E-state index contributed by atoms with van der Waals surface area (Å²) in [5.41, 5.74) is 0.893. The predicted octanol–water partition coefficient (Wildman–Crippen LogP) is 1.76. The molecule has 2 aromatic rings. The Morgan fingerprint density at radius 3 is 2.92 bits per heavy atom. The number of hydrogen-bond acceptors (Lipinski definition) is 5. The fourth-order valence-electron chi connectivity index (χ4n) is 2.64. The van der Waals surface area contributed by atoms with Crippen LogP contribution in [-0.2, 0) is 9.59 Å². The van der Waals surface area contributed by atoms with Gasteiger partial charge in [0.2, 0.25) is 11.8 Å². The molecule has 25 heavy (non-hydrogen) atoms. The number of piperidine rings is 1. The van der Waals surface area contributed by atoms with Crippen molar-refractivity contribution in [3.05, 3.63) is 36.4 Å². The molecule has 2 amide bonds. The van der Waals surface area contributed by atoms with Gasteiger partial charge in [-0.2, -0.15) is 0 Å². The van der Waals surface area contributed by atoms with Gasteiger partial charge in [0.15, 0.2) is 0 Å². The smallest absolute Gasteiger partial charge is 0.230 e. The molecule has 1 saturated heterocycles. The van der Waals surface area contributed by atoms with Crippen LogP contribution in [0, 0.1) is 11.7 Å². The highest BCUT2D eigenvalue weighted by Gasteiger charge is 2.24. The fourth-order valence-corrected chi connectivity index (χ4v) is 2.64. The van der Waals surface area contributed by atoms with Gasteiger partial charge in [0, 0.05) is 24.6 Å². The van der Waals surface area contributed by atoms with Crippen molar-refractivity contribution in [1.29, 1.82) is 0 Å². The summed E-state index contributed by atoms with van der Waals surface area (Å²) in [6, 6.07) is 5.67. The molecule has 7 nitrogen and oxygen atoms in total. The standard InChI is InChI=1S/C17H17FN4O3/c1-25-14-4-3-11(18)6-12(14)13-7-15(21-9-20-13)22-17(24)10-2-5-16(23)19-8-10/h3-4,6-7,9-10H,2,5,8H2,1H3,(H,19,23)(H,20,21,22,24). The summed E-state index contributed by atoms with van der Waals surface area (Å²) in [5.74, 6) is -0.231. The van der Waals surface area contributed by atoms with Gasteiger partial charge in [0.25, 0.3) is 0 Å². The lowest BCUT2D eigenvalue weighted by molar-refractivity contribution is -0.126. The van der Waals surface area contributed by atoms with Gasteiger partial charge in [0.05, 0.1) is 18.7 Å². The summed E-state index contributed by atoms with van der Waals surface area (Å²) < 4.78 is 18.8. The van der Waals surface area contributed by atoms with Gasteiger partial charge in [-0.3, -0.25) is 9.59 Å². The Hall–Kier alpha value is -3.03. The van der Waals surface area contributed by atoms with Crippen molar-refractivity contribution in [2.45, 2.75) is 12.8 Å². The number of carbonyl (C=O) groups is 2. The summed E-state index contributed by atoms with van der Waals surface area (Å²) in [7, 11) is 1.48. The van der Waals surface area contributed by atoms with Gasteiger partial charge in [-0.15, -0.1) is 0 Å². The van der Waals surface area contributed by atoms with E-state index in [2.05, 4.69) is 20.6 Å². The highest BCUT2D eigenvalue weighted by Crippen LogP contribution is 2.30. The van der Waals surface area contributed by atoms with E-state index in [0.29, 0.717) is 42.2 Å². The van der Waals surface area contributed by atoms with Gasteiger partial charge in [0.1, 0.15) is 23.7 Å². The molecule has 0 saturated carbocycles. The molecule has 0 spiro atoms. The molecule has 1 atom stereocenters. The van der Waals surface area contributed by atoms with Crippen LogP contribution >= 0.6 is 0 Å². The summed E-state index contributed by atoms with van der Waals surface area (Å²) in [5, 5.41) is 5.38. The number of amides is 2. The zero-order valence-electron chi connectivity index (χ0n) is 13.6. The lowest BCUT2D eigenvalue weighted by Crippen LogP contribution is -2.40. The lowest BCUT2D eigenvalue weighted by Gasteiger charge is -2.21. The second-order valence-electron chi connectivity index (χ2n) is 5.66. The van der Waals surface area contributed by atoms with Crippen molar-refractivity contribution in [1.82, 2.24) is 15.3 Å². The Morgan fingerprint density at radius 1 is 1.36 bits per heavy atom. The highest BCUT2D eigenvalue weighted by molar-refractivity contribution is 5.93. The minimum atomic E-state index is -0.419. The topological polar surface area (TPSA) is 93.2 Å². The van der Waals surface area contributed by atoms with Crippen LogP contribution in [0.5, 0.6) is 5.75 Å². The van der Waals surface area contributed by atoms with Crippen molar-refractivity contribution in [2.24, 2.45) is 5.92 Å². The Kier molecular flexibility index (Phi) is 4.87. The zero-order valence-corrected chi connectivity index (χ0v) is 13.6. The number of aromatic nitrogens is 2. The minimum Gasteiger partial charge on any atom is -0.496 e. The second kappa shape index (κ2) is 7.25. The van der Waals surface area contributed by atoms with E-state index in [1.165, 1.54) is 31.6 Å². The maximum atomic E-state index is 13.6. The molecule has 3 rings (SSSR count). The van der Waals surface area contributed by atoms with Crippen LogP contribution in [0.3, 0.4) is 0 Å². The van der Waals surface area contributed by atoms with Crippen LogP contribution in [0.2, 0.25) is 0 Å². The van der Waals surface area contributed by atoms with Crippen molar-refractivity contribution in [3.63, 3.8) is 0 Å². The van der Waals surface area contributed by atoms with E-state index in [9.17, 15) is 14.0 Å². The van der Waals surface area contributed by atoms with E-state index in [1.807, 2.05) is 0 Å². The van der Waals surface area contributed by atoms with Crippen LogP contribution in [-0.4, -0.2) is 35.4 Å². The fraction of sp³-hybridized carbons (Fsp3) is 0.294. The number of nitrogens with one attached hydrogen (secondary N) is 2. The second-order valence-corrected chi connectivity index (χ2v) is 5.66. The lowest BCUT2D eigenvalue weighted by atomic mass is 9.98. The van der Waals surface area contributed by atoms with E-state index >= 15 is 0 Å². The van der Waals surface area contributed by atoms with Gasteiger partial charge < -0.3 is 15.4 Å². The first-order valence-corrected chi connectivity index (χ1v) is 7.80. The number of nitrogens with zero attached hydrogens (tertiary/aromatic N) is 2. The maximum absolute atomic E-state index is 13.6. The van der Waals surface area contributed by atoms with E-state index in [1.54, 1.807) is 6.07 Å². The van der Waals surface area contributed by atoms with Crippen LogP contribution in [0.15, 0.2) is 30.6 Å². The van der Waals surface area contributed by atoms with Crippen LogP contribution in [0.4, 0.5) is 10.2 Å². The maximum Gasteiger partial charge on any atom is 0.230 e. The number of hydrogen-bond donors (Lipinski definition) is 2. The number of carbonyl (C=O) groups excluding carboxylic acids is 2. The normalized spacial score (nSPS) is 16.9. The predicted molar refractivity (Wildman–Crippen MR) is 88.3 cm³/mol. The third-order valence-electron chi connectivity index (χ3n) is 3.99.